The van der Waals surface area contributed by atoms with Crippen molar-refractivity contribution in [3.63, 3.8) is 0 Å². The first-order valence-electron chi connectivity index (χ1n) is 12.5. The van der Waals surface area contributed by atoms with Crippen LogP contribution in [0.3, 0.4) is 0 Å². The largest absolute Gasteiger partial charge is 0.471 e. The number of nitrogens with zero attached hydrogens (tertiary/aromatic N) is 1. The van der Waals surface area contributed by atoms with Crippen LogP contribution in [0.5, 0.6) is 0 Å². The summed E-state index contributed by atoms with van der Waals surface area (Å²) in [6.07, 6.45) is -0.563. The highest BCUT2D eigenvalue weighted by atomic mass is 19.4. The monoisotopic (exact) mass is 531 g/mol. The Morgan fingerprint density at radius 2 is 1.65 bits per heavy atom. The summed E-state index contributed by atoms with van der Waals surface area (Å²) in [5.74, 6) is -4.04. The molecule has 37 heavy (non-hydrogen) atoms. The van der Waals surface area contributed by atoms with Gasteiger partial charge in [-0.3, -0.25) is 24.2 Å². The van der Waals surface area contributed by atoms with E-state index in [-0.39, 0.29) is 23.8 Å². The number of rotatable bonds is 9. The molecular weight excluding hydrogens is 491 g/mol. The van der Waals surface area contributed by atoms with Gasteiger partial charge >= 0.3 is 12.1 Å². The fraction of sp³-hybridized carbons (Fsp3) is 0.800. The van der Waals surface area contributed by atoms with Gasteiger partial charge in [0.15, 0.2) is 0 Å². The molecule has 0 radical (unpaired) electrons. The molecule has 1 spiro atoms. The lowest BCUT2D eigenvalue weighted by Crippen LogP contribution is -2.60. The zero-order valence-corrected chi connectivity index (χ0v) is 22.6. The van der Waals surface area contributed by atoms with Crippen molar-refractivity contribution in [1.29, 1.82) is 0 Å². The molecule has 0 aromatic heterocycles. The van der Waals surface area contributed by atoms with Crippen LogP contribution < -0.4 is 21.3 Å². The standard InChI is InChI=1S/C25H40F3N5O4/c1-22(2,3)12-16(31-20(36)17(23(4,5)6)32-21(37)25(26,27)28)19(35)30-15(13-29-7)10-14-11-24(8-9-24)33-18(14)34/h13-17H,8-12H2,1-7H3,(H,30,35)(H,31,36)(H,32,37)(H,33,34)/t14-,15+,16+,17-/m1/s1. The maximum atomic E-state index is 13.3. The highest BCUT2D eigenvalue weighted by Gasteiger charge is 2.52. The quantitative estimate of drug-likeness (QED) is 0.340. The number of carbonyl (C=O) groups is 4. The molecule has 4 amide bonds. The van der Waals surface area contributed by atoms with Crippen LogP contribution >= 0.6 is 0 Å². The van der Waals surface area contributed by atoms with Gasteiger partial charge in [0.2, 0.25) is 17.7 Å². The molecule has 0 aromatic rings. The Balaban J connectivity index is 2.18. The van der Waals surface area contributed by atoms with Crippen molar-refractivity contribution in [1.82, 2.24) is 21.3 Å². The van der Waals surface area contributed by atoms with Crippen LogP contribution in [0.4, 0.5) is 13.2 Å². The van der Waals surface area contributed by atoms with E-state index < -0.39 is 52.9 Å². The van der Waals surface area contributed by atoms with E-state index in [1.807, 2.05) is 20.8 Å². The maximum absolute atomic E-state index is 13.3. The number of aliphatic imine (C=N–C) groups is 1. The van der Waals surface area contributed by atoms with Crippen molar-refractivity contribution in [2.75, 3.05) is 7.05 Å². The van der Waals surface area contributed by atoms with Crippen LogP contribution in [-0.2, 0) is 19.2 Å². The van der Waals surface area contributed by atoms with E-state index in [1.165, 1.54) is 27.0 Å². The highest BCUT2D eigenvalue weighted by molar-refractivity contribution is 5.94. The lowest BCUT2D eigenvalue weighted by Gasteiger charge is -2.33. The fourth-order valence-electron chi connectivity index (χ4n) is 4.54. The van der Waals surface area contributed by atoms with Gasteiger partial charge in [0.1, 0.15) is 12.1 Å². The average Bonchev–Trinajstić information content (AvgIpc) is 3.39. The molecule has 0 unspecified atom stereocenters. The molecule has 2 rings (SSSR count). The first-order chi connectivity index (χ1) is 16.8. The highest BCUT2D eigenvalue weighted by Crippen LogP contribution is 2.46. The second-order valence-corrected chi connectivity index (χ2v) is 12.5. The van der Waals surface area contributed by atoms with Crippen LogP contribution in [0.2, 0.25) is 0 Å². The van der Waals surface area contributed by atoms with Gasteiger partial charge < -0.3 is 21.3 Å². The Labute approximate surface area is 216 Å². The fourth-order valence-corrected chi connectivity index (χ4v) is 4.54. The smallest absolute Gasteiger partial charge is 0.350 e. The van der Waals surface area contributed by atoms with Gasteiger partial charge in [-0.15, -0.1) is 0 Å². The first kappa shape index (κ1) is 30.6. The van der Waals surface area contributed by atoms with Crippen LogP contribution in [-0.4, -0.2) is 66.7 Å². The molecule has 1 saturated heterocycles. The molecule has 1 saturated carbocycles. The molecule has 4 N–H and O–H groups in total. The van der Waals surface area contributed by atoms with E-state index in [1.54, 1.807) is 12.4 Å². The van der Waals surface area contributed by atoms with E-state index >= 15 is 0 Å². The van der Waals surface area contributed by atoms with E-state index in [4.69, 9.17) is 0 Å². The Hall–Kier alpha value is -2.66. The molecular formula is C25H40F3N5O4. The van der Waals surface area contributed by atoms with Gasteiger partial charge in [-0.2, -0.15) is 13.2 Å². The Kier molecular flexibility index (Phi) is 9.07. The molecule has 1 aliphatic heterocycles. The number of alkyl halides is 3. The lowest BCUT2D eigenvalue weighted by molar-refractivity contribution is -0.175. The molecule has 1 aliphatic carbocycles. The van der Waals surface area contributed by atoms with Gasteiger partial charge in [0, 0.05) is 24.7 Å². The second kappa shape index (κ2) is 11.0. The van der Waals surface area contributed by atoms with Crippen molar-refractivity contribution in [3.05, 3.63) is 0 Å². The normalized spacial score (nSPS) is 21.8. The summed E-state index contributed by atoms with van der Waals surface area (Å²) in [7, 11) is 1.54. The Bertz CT molecular complexity index is 917. The minimum absolute atomic E-state index is 0.0609. The molecule has 12 heteroatoms. The summed E-state index contributed by atoms with van der Waals surface area (Å²) in [6.45, 7) is 10.1. The molecule has 2 fully saturated rings. The van der Waals surface area contributed by atoms with Crippen LogP contribution in [0.1, 0.15) is 73.6 Å². The van der Waals surface area contributed by atoms with Gasteiger partial charge in [-0.25, -0.2) is 0 Å². The summed E-state index contributed by atoms with van der Waals surface area (Å²) in [6, 6.07) is -3.22. The molecule has 210 valence electrons. The third-order valence-corrected chi connectivity index (χ3v) is 6.56. The minimum Gasteiger partial charge on any atom is -0.350 e. The maximum Gasteiger partial charge on any atom is 0.471 e. The van der Waals surface area contributed by atoms with E-state index in [0.717, 1.165) is 12.8 Å². The summed E-state index contributed by atoms with van der Waals surface area (Å²) >= 11 is 0. The number of hydrogen-bond donors (Lipinski definition) is 4. The van der Waals surface area contributed by atoms with Crippen molar-refractivity contribution < 1.29 is 32.3 Å². The zero-order valence-electron chi connectivity index (χ0n) is 22.6. The second-order valence-electron chi connectivity index (χ2n) is 12.5. The van der Waals surface area contributed by atoms with Crippen molar-refractivity contribution >= 4 is 29.8 Å². The molecule has 9 nitrogen and oxygen atoms in total. The molecule has 0 aromatic carbocycles. The van der Waals surface area contributed by atoms with Gasteiger partial charge in [-0.05, 0) is 42.9 Å². The summed E-state index contributed by atoms with van der Waals surface area (Å²) < 4.78 is 38.7. The van der Waals surface area contributed by atoms with Gasteiger partial charge in [0.05, 0.1) is 6.04 Å². The van der Waals surface area contributed by atoms with Crippen LogP contribution in [0.15, 0.2) is 4.99 Å². The average molecular weight is 532 g/mol. The Morgan fingerprint density at radius 3 is 2.08 bits per heavy atom. The summed E-state index contributed by atoms with van der Waals surface area (Å²) in [4.78, 5) is 54.5. The first-order valence-corrected chi connectivity index (χ1v) is 12.5. The van der Waals surface area contributed by atoms with E-state index in [2.05, 4.69) is 20.9 Å². The SMILES string of the molecule is CN=C[C@H](C[C@@H]1CC2(CC2)NC1=O)NC(=O)[C@H](CC(C)(C)C)NC(=O)[C@@H](NC(=O)C(F)(F)F)C(C)(C)C. The minimum atomic E-state index is -5.16. The van der Waals surface area contributed by atoms with Crippen molar-refractivity contribution in [3.8, 4) is 0 Å². The van der Waals surface area contributed by atoms with Crippen LogP contribution in [0.25, 0.3) is 0 Å². The predicted molar refractivity (Wildman–Crippen MR) is 133 cm³/mol. The predicted octanol–water partition coefficient (Wildman–Crippen LogP) is 2.24. The summed E-state index contributed by atoms with van der Waals surface area (Å²) in [5.41, 5.74) is -1.62. The zero-order chi connectivity index (χ0) is 28.4. The van der Waals surface area contributed by atoms with Crippen molar-refractivity contribution in [2.24, 2.45) is 21.7 Å². The third kappa shape index (κ3) is 8.99. The lowest BCUT2D eigenvalue weighted by atomic mass is 9.84. The number of carbonyl (C=O) groups excluding carboxylic acids is 4. The third-order valence-electron chi connectivity index (χ3n) is 6.56. The molecule has 4 atom stereocenters. The molecule has 2 aliphatic rings. The number of amides is 4. The van der Waals surface area contributed by atoms with Crippen LogP contribution in [0, 0.1) is 16.7 Å². The van der Waals surface area contributed by atoms with Gasteiger partial charge in [0.25, 0.3) is 0 Å². The van der Waals surface area contributed by atoms with E-state index in [9.17, 15) is 32.3 Å². The number of halogens is 3. The summed E-state index contributed by atoms with van der Waals surface area (Å²) in [5, 5.41) is 10.2. The van der Waals surface area contributed by atoms with E-state index in [0.29, 0.717) is 12.8 Å². The molecule has 1 heterocycles. The topological polar surface area (TPSA) is 129 Å². The number of hydrogen-bond acceptors (Lipinski definition) is 5. The number of nitrogens with one attached hydrogen (secondary N) is 4. The van der Waals surface area contributed by atoms with Crippen molar-refractivity contribution in [2.45, 2.75) is 103 Å². The Morgan fingerprint density at radius 1 is 1.05 bits per heavy atom. The molecule has 0 bridgehead atoms. The van der Waals surface area contributed by atoms with Gasteiger partial charge in [-0.1, -0.05) is 41.5 Å².